The van der Waals surface area contributed by atoms with Crippen LogP contribution in [0, 0.1) is 12.3 Å². The van der Waals surface area contributed by atoms with E-state index in [-0.39, 0.29) is 24.0 Å². The molecule has 2 aliphatic carbocycles. The second-order valence-electron chi connectivity index (χ2n) is 6.98. The Morgan fingerprint density at radius 3 is 2.76 bits per heavy atom. The Labute approximate surface area is 172 Å². The van der Waals surface area contributed by atoms with Gasteiger partial charge in [-0.25, -0.2) is 4.98 Å². The summed E-state index contributed by atoms with van der Waals surface area (Å²) >= 11 is 1.70. The van der Waals surface area contributed by atoms with Crippen molar-refractivity contribution in [1.82, 2.24) is 15.2 Å². The molecule has 142 valence electrons. The average molecular weight is 478 g/mol. The predicted molar refractivity (Wildman–Crippen MR) is 115 cm³/mol. The largest absolute Gasteiger partial charge is 0.378 e. The smallest absolute Gasteiger partial charge is 0.194 e. The van der Waals surface area contributed by atoms with Gasteiger partial charge in [-0.05, 0) is 40.0 Å². The molecular weight excluding hydrogens is 447 g/mol. The van der Waals surface area contributed by atoms with Gasteiger partial charge < -0.3 is 15.0 Å². The van der Waals surface area contributed by atoms with Crippen molar-refractivity contribution in [2.24, 2.45) is 10.4 Å². The van der Waals surface area contributed by atoms with Crippen LogP contribution < -0.4 is 5.32 Å². The lowest BCUT2D eigenvalue weighted by atomic mass is 9.51. The highest BCUT2D eigenvalue weighted by Gasteiger charge is 2.59. The number of hydrogen-bond acceptors (Lipinski definition) is 4. The predicted octanol–water partition coefficient (Wildman–Crippen LogP) is 3.81. The molecule has 7 heteroatoms. The van der Waals surface area contributed by atoms with Crippen molar-refractivity contribution < 1.29 is 4.74 Å². The van der Waals surface area contributed by atoms with Crippen LogP contribution in [0.15, 0.2) is 10.4 Å². The highest BCUT2D eigenvalue weighted by molar-refractivity contribution is 14.0. The number of aliphatic imine (C=N–C) groups is 1. The fourth-order valence-corrected chi connectivity index (χ4v) is 4.63. The molecule has 3 rings (SSSR count). The van der Waals surface area contributed by atoms with E-state index in [1.807, 2.05) is 0 Å². The van der Waals surface area contributed by atoms with Crippen LogP contribution in [0.5, 0.6) is 0 Å². The van der Waals surface area contributed by atoms with E-state index >= 15 is 0 Å². The third-order valence-corrected chi connectivity index (χ3v) is 6.30. The van der Waals surface area contributed by atoms with Gasteiger partial charge in [-0.1, -0.05) is 6.42 Å². The highest BCUT2D eigenvalue weighted by Crippen LogP contribution is 2.57. The number of aromatic nitrogens is 1. The molecule has 1 N–H and O–H groups in total. The highest BCUT2D eigenvalue weighted by atomic mass is 127. The number of guanidine groups is 1. The van der Waals surface area contributed by atoms with Crippen LogP contribution in [0.4, 0.5) is 0 Å². The van der Waals surface area contributed by atoms with E-state index in [0.29, 0.717) is 17.6 Å². The first-order valence-electron chi connectivity index (χ1n) is 9.13. The van der Waals surface area contributed by atoms with Crippen molar-refractivity contribution in [3.8, 4) is 0 Å². The summed E-state index contributed by atoms with van der Waals surface area (Å²) in [5, 5.41) is 6.99. The van der Waals surface area contributed by atoms with Crippen LogP contribution in [0.1, 0.15) is 50.2 Å². The number of halogens is 1. The SMILES string of the molecule is CCN=C(NC1CC(OCC)C12CCC2)N(C)Cc1csc(C)n1.I. The van der Waals surface area contributed by atoms with Crippen molar-refractivity contribution in [3.05, 3.63) is 16.1 Å². The zero-order valence-corrected chi connectivity index (χ0v) is 18.9. The summed E-state index contributed by atoms with van der Waals surface area (Å²) in [6.45, 7) is 8.64. The average Bonchev–Trinajstić information content (AvgIpc) is 2.88. The zero-order chi connectivity index (χ0) is 17.2. The van der Waals surface area contributed by atoms with Gasteiger partial charge >= 0.3 is 0 Å². The van der Waals surface area contributed by atoms with E-state index in [4.69, 9.17) is 9.73 Å². The van der Waals surface area contributed by atoms with Gasteiger partial charge in [0.2, 0.25) is 0 Å². The summed E-state index contributed by atoms with van der Waals surface area (Å²) in [6, 6.07) is 0.493. The van der Waals surface area contributed by atoms with Crippen molar-refractivity contribution in [2.75, 3.05) is 20.2 Å². The number of rotatable bonds is 6. The lowest BCUT2D eigenvalue weighted by Crippen LogP contribution is -2.68. The summed E-state index contributed by atoms with van der Waals surface area (Å²) in [6.07, 6.45) is 5.42. The van der Waals surface area contributed by atoms with Crippen molar-refractivity contribution in [2.45, 2.75) is 65.1 Å². The molecule has 0 radical (unpaired) electrons. The van der Waals surface area contributed by atoms with Gasteiger partial charge in [0, 0.05) is 37.0 Å². The summed E-state index contributed by atoms with van der Waals surface area (Å²) in [5.74, 6) is 0.995. The van der Waals surface area contributed by atoms with Gasteiger partial charge in [-0.15, -0.1) is 35.3 Å². The molecular formula is C18H31IN4OS. The topological polar surface area (TPSA) is 49.8 Å². The molecule has 2 atom stereocenters. The maximum atomic E-state index is 5.96. The van der Waals surface area contributed by atoms with Gasteiger partial charge in [0.25, 0.3) is 0 Å². The van der Waals surface area contributed by atoms with Crippen LogP contribution in [0.3, 0.4) is 0 Å². The fourth-order valence-electron chi connectivity index (χ4n) is 4.02. The molecule has 0 aliphatic heterocycles. The standard InChI is InChI=1S/C18H30N4OS.HI/c1-5-19-17(22(4)11-14-12-24-13(3)20-14)21-15-10-16(23-6-2)18(15)8-7-9-18;/h12,15-16H,5-11H2,1-4H3,(H,19,21);1H. The van der Waals surface area contributed by atoms with Crippen LogP contribution in [-0.4, -0.2) is 48.2 Å². The van der Waals surface area contributed by atoms with E-state index in [1.165, 1.54) is 19.3 Å². The minimum Gasteiger partial charge on any atom is -0.378 e. The molecule has 25 heavy (non-hydrogen) atoms. The molecule has 1 heterocycles. The first-order chi connectivity index (χ1) is 11.6. The molecule has 2 saturated carbocycles. The van der Waals surface area contributed by atoms with Gasteiger partial charge in [0.15, 0.2) is 5.96 Å². The van der Waals surface area contributed by atoms with E-state index in [2.05, 4.69) is 48.4 Å². The number of ether oxygens (including phenoxy) is 1. The Hall–Kier alpha value is -0.410. The summed E-state index contributed by atoms with van der Waals surface area (Å²) in [5.41, 5.74) is 1.47. The van der Waals surface area contributed by atoms with Gasteiger partial charge in [-0.3, -0.25) is 4.99 Å². The Morgan fingerprint density at radius 2 is 2.24 bits per heavy atom. The molecule has 0 aromatic carbocycles. The number of nitrogens with zero attached hydrogens (tertiary/aromatic N) is 3. The number of thiazole rings is 1. The molecule has 5 nitrogen and oxygen atoms in total. The molecule has 1 aromatic rings. The maximum Gasteiger partial charge on any atom is 0.194 e. The van der Waals surface area contributed by atoms with Crippen LogP contribution in [0.25, 0.3) is 0 Å². The van der Waals surface area contributed by atoms with E-state index in [1.54, 1.807) is 11.3 Å². The molecule has 0 amide bonds. The molecule has 2 unspecified atom stereocenters. The van der Waals surface area contributed by atoms with Crippen molar-refractivity contribution >= 4 is 41.3 Å². The lowest BCUT2D eigenvalue weighted by molar-refractivity contribution is -0.168. The van der Waals surface area contributed by atoms with Gasteiger partial charge in [0.1, 0.15) is 0 Å². The number of nitrogens with one attached hydrogen (secondary N) is 1. The fraction of sp³-hybridized carbons (Fsp3) is 0.778. The first kappa shape index (κ1) is 20.9. The molecule has 1 spiro atoms. The Kier molecular flexibility index (Phi) is 7.52. The Morgan fingerprint density at radius 1 is 1.48 bits per heavy atom. The lowest BCUT2D eigenvalue weighted by Gasteiger charge is -2.61. The second-order valence-corrected chi connectivity index (χ2v) is 8.04. The van der Waals surface area contributed by atoms with E-state index in [9.17, 15) is 0 Å². The third kappa shape index (κ3) is 4.30. The minimum atomic E-state index is 0. The second kappa shape index (κ2) is 8.99. The molecule has 0 bridgehead atoms. The van der Waals surface area contributed by atoms with Crippen molar-refractivity contribution in [1.29, 1.82) is 0 Å². The molecule has 2 aliphatic rings. The molecule has 0 saturated heterocycles. The van der Waals surface area contributed by atoms with Crippen LogP contribution >= 0.6 is 35.3 Å². The van der Waals surface area contributed by atoms with Crippen LogP contribution in [0.2, 0.25) is 0 Å². The molecule has 1 aromatic heterocycles. The monoisotopic (exact) mass is 478 g/mol. The third-order valence-electron chi connectivity index (χ3n) is 5.48. The van der Waals surface area contributed by atoms with Crippen molar-refractivity contribution in [3.63, 3.8) is 0 Å². The maximum absolute atomic E-state index is 5.96. The summed E-state index contributed by atoms with van der Waals surface area (Å²) in [4.78, 5) is 11.5. The number of hydrogen-bond donors (Lipinski definition) is 1. The van der Waals surface area contributed by atoms with Gasteiger partial charge in [-0.2, -0.15) is 0 Å². The number of aryl methyl sites for hydroxylation is 1. The Balaban J connectivity index is 0.00000225. The normalized spacial score (nSPS) is 24.2. The molecule has 2 fully saturated rings. The zero-order valence-electron chi connectivity index (χ0n) is 15.7. The van der Waals surface area contributed by atoms with Gasteiger partial charge in [0.05, 0.1) is 23.4 Å². The quantitative estimate of drug-likeness (QED) is 0.384. The summed E-state index contributed by atoms with van der Waals surface area (Å²) in [7, 11) is 2.10. The first-order valence-corrected chi connectivity index (χ1v) is 10.0. The Bertz CT molecular complexity index is 587. The van der Waals surface area contributed by atoms with E-state index < -0.39 is 0 Å². The summed E-state index contributed by atoms with van der Waals surface area (Å²) < 4.78 is 5.96. The van der Waals surface area contributed by atoms with E-state index in [0.717, 1.165) is 42.8 Å². The van der Waals surface area contributed by atoms with Crippen LogP contribution in [-0.2, 0) is 11.3 Å². The minimum absolute atomic E-state index is 0.